The first kappa shape index (κ1) is 22.0. The third-order valence-corrected chi connectivity index (χ3v) is 6.60. The Kier molecular flexibility index (Phi) is 5.95. The summed E-state index contributed by atoms with van der Waals surface area (Å²) in [7, 11) is 0. The van der Waals surface area contributed by atoms with Crippen LogP contribution in [0.15, 0.2) is 66.9 Å². The molecule has 0 aliphatic heterocycles. The zero-order chi connectivity index (χ0) is 23.7. The van der Waals surface area contributed by atoms with Crippen LogP contribution in [-0.2, 0) is 0 Å². The maximum absolute atomic E-state index is 9.60. The van der Waals surface area contributed by atoms with E-state index in [-0.39, 0.29) is 17.8 Å². The third kappa shape index (κ3) is 4.48. The van der Waals surface area contributed by atoms with Gasteiger partial charge in [0.05, 0.1) is 28.6 Å². The van der Waals surface area contributed by atoms with Crippen molar-refractivity contribution in [3.8, 4) is 28.4 Å². The first-order valence-electron chi connectivity index (χ1n) is 11.2. The van der Waals surface area contributed by atoms with Crippen molar-refractivity contribution in [2.45, 2.75) is 31.8 Å². The number of nitrogens with one attached hydrogen (secondary N) is 1. The molecule has 2 heterocycles. The Morgan fingerprint density at radius 2 is 1.62 bits per heavy atom. The zero-order valence-electron chi connectivity index (χ0n) is 18.5. The molecule has 0 amide bonds. The van der Waals surface area contributed by atoms with Crippen LogP contribution in [0.5, 0.6) is 6.01 Å². The van der Waals surface area contributed by atoms with E-state index in [1.54, 1.807) is 0 Å². The number of aromatic nitrogens is 3. The van der Waals surface area contributed by atoms with Gasteiger partial charge in [-0.05, 0) is 42.9 Å². The molecule has 6 nitrogen and oxygen atoms in total. The molecule has 1 aliphatic carbocycles. The molecular weight excluding hydrogens is 448 g/mol. The molecule has 0 bridgehead atoms. The summed E-state index contributed by atoms with van der Waals surface area (Å²) in [5.74, 6) is 0.419. The second-order valence-corrected chi connectivity index (χ2v) is 8.96. The molecule has 0 radical (unpaired) electrons. The smallest absolute Gasteiger partial charge is 0.296 e. The molecule has 2 N–H and O–H groups in total. The van der Waals surface area contributed by atoms with Crippen molar-refractivity contribution in [2.24, 2.45) is 5.92 Å². The van der Waals surface area contributed by atoms with E-state index in [9.17, 15) is 5.11 Å². The number of aliphatic hydroxyl groups excluding tert-OH is 1. The monoisotopic (exact) mass is 470 g/mol. The highest BCUT2D eigenvalue weighted by atomic mass is 35.5. The predicted octanol–water partition coefficient (Wildman–Crippen LogP) is 7.51. The average molecular weight is 471 g/mol. The van der Waals surface area contributed by atoms with Crippen LogP contribution in [0.2, 0.25) is 5.02 Å². The summed E-state index contributed by atoms with van der Waals surface area (Å²) in [6.45, 7) is 10.7. The minimum absolute atomic E-state index is 0.0440. The van der Waals surface area contributed by atoms with Gasteiger partial charge in [-0.3, -0.25) is 0 Å². The van der Waals surface area contributed by atoms with Gasteiger partial charge < -0.3 is 14.8 Å². The fourth-order valence-corrected chi connectivity index (χ4v) is 4.64. The molecule has 1 fully saturated rings. The number of allylic oxidation sites excluding steroid dienone is 1. The molecule has 1 aliphatic rings. The Morgan fingerprint density at radius 1 is 1.00 bits per heavy atom. The molecular formula is C27H23ClN4O2. The van der Waals surface area contributed by atoms with Gasteiger partial charge >= 0.3 is 0 Å². The molecule has 0 unspecified atom stereocenters. The van der Waals surface area contributed by atoms with Crippen molar-refractivity contribution >= 4 is 28.5 Å². The number of imidazole rings is 1. The number of hydrogen-bond donors (Lipinski definition) is 2. The van der Waals surface area contributed by atoms with Gasteiger partial charge in [0.15, 0.2) is 11.3 Å². The van der Waals surface area contributed by atoms with E-state index in [1.807, 2.05) is 54.6 Å². The number of nitrogens with zero attached hydrogens (tertiary/aromatic N) is 3. The maximum atomic E-state index is 9.60. The van der Waals surface area contributed by atoms with Crippen LogP contribution in [0, 0.1) is 12.5 Å². The van der Waals surface area contributed by atoms with Crippen molar-refractivity contribution in [3.05, 3.63) is 83.4 Å². The first-order chi connectivity index (χ1) is 16.5. The lowest BCUT2D eigenvalue weighted by molar-refractivity contribution is 0.118. The minimum Gasteiger partial charge on any atom is -0.513 e. The largest absolute Gasteiger partial charge is 0.513 e. The van der Waals surface area contributed by atoms with Crippen molar-refractivity contribution in [1.29, 1.82) is 0 Å². The highest BCUT2D eigenvalue weighted by molar-refractivity contribution is 6.33. The molecule has 170 valence electrons. The second-order valence-electron chi connectivity index (χ2n) is 8.55. The fourth-order valence-electron chi connectivity index (χ4n) is 4.37. The van der Waals surface area contributed by atoms with Crippen molar-refractivity contribution in [3.63, 3.8) is 0 Å². The number of rotatable bonds is 5. The minimum atomic E-state index is 0.0440. The standard InChI is InChI=1S/C27H23ClN4O2/c1-16(33)17-9-13-22(14-10-17)34-27-30-24-15-23(28)25(31-26(24)32-27)20-5-3-18(4-6-20)19-7-11-21(29-2)12-8-19/h3-8,11-12,15,17,22,33H,1,9-10,13-14H2,(H,30,31,32). The first-order valence-corrected chi connectivity index (χ1v) is 11.6. The van der Waals surface area contributed by atoms with Crippen molar-refractivity contribution in [1.82, 2.24) is 15.0 Å². The Labute approximate surface area is 202 Å². The SMILES string of the molecule is [C-]#[N+]c1ccc(-c2ccc(-c3nc4nc(OC5CCC(C(=C)O)CC5)[nH]c4cc3Cl)cc2)cc1. The number of aromatic amines is 1. The highest BCUT2D eigenvalue weighted by Crippen LogP contribution is 2.33. The highest BCUT2D eigenvalue weighted by Gasteiger charge is 2.25. The quantitative estimate of drug-likeness (QED) is 0.234. The Morgan fingerprint density at radius 3 is 2.24 bits per heavy atom. The van der Waals surface area contributed by atoms with Crippen LogP contribution in [0.25, 0.3) is 38.4 Å². The number of pyridine rings is 1. The molecule has 2 aromatic carbocycles. The lowest BCUT2D eigenvalue weighted by atomic mass is 9.86. The Bertz CT molecular complexity index is 1380. The van der Waals surface area contributed by atoms with E-state index in [2.05, 4.69) is 26.4 Å². The molecule has 4 aromatic rings. The van der Waals surface area contributed by atoms with Gasteiger partial charge in [0.25, 0.3) is 6.01 Å². The van der Waals surface area contributed by atoms with Gasteiger partial charge in [-0.15, -0.1) is 0 Å². The van der Waals surface area contributed by atoms with E-state index < -0.39 is 0 Å². The summed E-state index contributed by atoms with van der Waals surface area (Å²) in [4.78, 5) is 15.8. The van der Waals surface area contributed by atoms with E-state index in [0.29, 0.717) is 28.1 Å². The summed E-state index contributed by atoms with van der Waals surface area (Å²) < 4.78 is 6.06. The molecule has 0 atom stereocenters. The summed E-state index contributed by atoms with van der Waals surface area (Å²) in [6.07, 6.45) is 3.44. The van der Waals surface area contributed by atoms with E-state index in [1.165, 1.54) is 0 Å². The van der Waals surface area contributed by atoms with Crippen LogP contribution >= 0.6 is 11.6 Å². The number of hydrogen-bond acceptors (Lipinski definition) is 4. The van der Waals surface area contributed by atoms with E-state index >= 15 is 0 Å². The zero-order valence-corrected chi connectivity index (χ0v) is 19.2. The van der Waals surface area contributed by atoms with E-state index in [0.717, 1.165) is 47.9 Å². The van der Waals surface area contributed by atoms with Gasteiger partial charge in [-0.2, -0.15) is 4.98 Å². The summed E-state index contributed by atoms with van der Waals surface area (Å²) >= 11 is 6.56. The topological polar surface area (TPSA) is 75.4 Å². The number of halogens is 1. The number of benzene rings is 2. The molecule has 34 heavy (non-hydrogen) atoms. The van der Waals surface area contributed by atoms with Gasteiger partial charge in [-0.25, -0.2) is 9.83 Å². The fraction of sp³-hybridized carbons (Fsp3) is 0.222. The van der Waals surface area contributed by atoms with Crippen LogP contribution in [-0.4, -0.2) is 26.2 Å². The molecule has 1 saturated carbocycles. The van der Waals surface area contributed by atoms with Gasteiger partial charge in [0, 0.05) is 11.5 Å². The lowest BCUT2D eigenvalue weighted by Gasteiger charge is -2.27. The van der Waals surface area contributed by atoms with Crippen LogP contribution in [0.3, 0.4) is 0 Å². The van der Waals surface area contributed by atoms with Gasteiger partial charge in [0.1, 0.15) is 6.10 Å². The molecule has 0 saturated heterocycles. The Balaban J connectivity index is 1.34. The maximum Gasteiger partial charge on any atom is 0.296 e. The summed E-state index contributed by atoms with van der Waals surface area (Å²) in [6, 6.07) is 17.8. The molecule has 7 heteroatoms. The molecule has 0 spiro atoms. The number of ether oxygens (including phenoxy) is 1. The van der Waals surface area contributed by atoms with Crippen molar-refractivity contribution < 1.29 is 9.84 Å². The van der Waals surface area contributed by atoms with Crippen LogP contribution < -0.4 is 4.74 Å². The second kappa shape index (κ2) is 9.20. The molecule has 5 rings (SSSR count). The number of fused-ring (bicyclic) bond motifs is 1. The molecule has 2 aromatic heterocycles. The van der Waals surface area contributed by atoms with Crippen LogP contribution in [0.4, 0.5) is 5.69 Å². The van der Waals surface area contributed by atoms with Gasteiger partial charge in [-0.1, -0.05) is 66.7 Å². The van der Waals surface area contributed by atoms with Crippen molar-refractivity contribution in [2.75, 3.05) is 0 Å². The average Bonchev–Trinajstić information content (AvgIpc) is 3.25. The number of aliphatic hydroxyl groups is 1. The predicted molar refractivity (Wildman–Crippen MR) is 134 cm³/mol. The summed E-state index contributed by atoms with van der Waals surface area (Å²) in [5.41, 5.74) is 5.52. The summed E-state index contributed by atoms with van der Waals surface area (Å²) in [5, 5.41) is 10.1. The van der Waals surface area contributed by atoms with Crippen LogP contribution in [0.1, 0.15) is 25.7 Å². The lowest BCUT2D eigenvalue weighted by Crippen LogP contribution is -2.25. The van der Waals surface area contributed by atoms with Gasteiger partial charge in [0.2, 0.25) is 0 Å². The number of H-pyrrole nitrogens is 1. The Hall–Kier alpha value is -3.82. The van der Waals surface area contributed by atoms with E-state index in [4.69, 9.17) is 22.9 Å². The third-order valence-electron chi connectivity index (χ3n) is 6.32. The normalized spacial score (nSPS) is 17.9.